The van der Waals surface area contributed by atoms with Crippen LogP contribution in [0.25, 0.3) is 0 Å². The highest BCUT2D eigenvalue weighted by Crippen LogP contribution is 2.41. The Bertz CT molecular complexity index is 969. The van der Waals surface area contributed by atoms with Crippen LogP contribution in [-0.4, -0.2) is 34.4 Å². The second-order valence-electron chi connectivity index (χ2n) is 6.85. The van der Waals surface area contributed by atoms with E-state index >= 15 is 0 Å². The lowest BCUT2D eigenvalue weighted by atomic mass is 9.91. The second-order valence-corrected chi connectivity index (χ2v) is 6.85. The van der Waals surface area contributed by atoms with Crippen LogP contribution in [0.1, 0.15) is 40.8 Å². The fourth-order valence-electron chi connectivity index (χ4n) is 3.60. The summed E-state index contributed by atoms with van der Waals surface area (Å²) in [6.07, 6.45) is 0.796. The van der Waals surface area contributed by atoms with Crippen molar-refractivity contribution in [2.24, 2.45) is 0 Å². The number of nitrogens with one attached hydrogen (secondary N) is 1. The molecule has 1 N–H and O–H groups in total. The number of benzene rings is 2. The Hall–Kier alpha value is -3.09. The Kier molecular flexibility index (Phi) is 4.43. The van der Waals surface area contributed by atoms with Gasteiger partial charge in [0.1, 0.15) is 11.5 Å². The third-order valence-corrected chi connectivity index (χ3v) is 5.28. The molecule has 2 atom stereocenters. The largest absolute Gasteiger partial charge is 0.497 e. The summed E-state index contributed by atoms with van der Waals surface area (Å²) in [6.45, 7) is 4.26. The molecule has 0 amide bonds. The van der Waals surface area contributed by atoms with Crippen LogP contribution < -0.4 is 14.8 Å². The normalized spacial score (nSPS) is 18.5. The van der Waals surface area contributed by atoms with Gasteiger partial charge in [0.05, 0.1) is 26.3 Å². The molecule has 0 radical (unpaired) electrons. The number of fused-ring (bicyclic) bond motifs is 1. The zero-order valence-corrected chi connectivity index (χ0v) is 15.9. The summed E-state index contributed by atoms with van der Waals surface area (Å²) >= 11 is 0. The van der Waals surface area contributed by atoms with E-state index in [1.54, 1.807) is 14.2 Å². The molecule has 2 aromatic carbocycles. The molecule has 1 aromatic heterocycles. The van der Waals surface area contributed by atoms with Gasteiger partial charge in [0.15, 0.2) is 0 Å². The summed E-state index contributed by atoms with van der Waals surface area (Å²) in [6, 6.07) is 12.4. The van der Waals surface area contributed by atoms with Crippen molar-refractivity contribution in [1.82, 2.24) is 20.2 Å². The lowest BCUT2D eigenvalue weighted by molar-refractivity contribution is 0.371. The second kappa shape index (κ2) is 6.90. The van der Waals surface area contributed by atoms with Crippen molar-refractivity contribution >= 4 is 5.95 Å². The summed E-state index contributed by atoms with van der Waals surface area (Å²) in [5.41, 5.74) is 4.78. The van der Waals surface area contributed by atoms with E-state index in [9.17, 15) is 0 Å². The molecule has 27 heavy (non-hydrogen) atoms. The topological polar surface area (TPSA) is 74.1 Å². The summed E-state index contributed by atoms with van der Waals surface area (Å²) in [5, 5.41) is 15.7. The highest BCUT2D eigenvalue weighted by Gasteiger charge is 2.32. The van der Waals surface area contributed by atoms with Crippen molar-refractivity contribution in [3.8, 4) is 11.5 Å². The van der Waals surface area contributed by atoms with Gasteiger partial charge in [-0.25, -0.2) is 4.68 Å². The van der Waals surface area contributed by atoms with Gasteiger partial charge in [-0.1, -0.05) is 23.3 Å². The average Bonchev–Trinajstić information content (AvgIpc) is 3.17. The minimum absolute atomic E-state index is 0.0621. The first-order valence-electron chi connectivity index (χ1n) is 8.94. The number of aryl methyl sites for hydroxylation is 2. The van der Waals surface area contributed by atoms with Crippen molar-refractivity contribution < 1.29 is 9.47 Å². The molecule has 7 heteroatoms. The molecular formula is C20H23N5O2. The maximum atomic E-state index is 5.61. The molecule has 0 unspecified atom stereocenters. The molecule has 4 rings (SSSR count). The van der Waals surface area contributed by atoms with Gasteiger partial charge < -0.3 is 14.8 Å². The van der Waals surface area contributed by atoms with Crippen LogP contribution in [0.4, 0.5) is 5.95 Å². The highest BCUT2D eigenvalue weighted by atomic mass is 16.5. The Balaban J connectivity index is 1.78. The first-order chi connectivity index (χ1) is 13.1. The number of nitrogens with zero attached hydrogens (tertiary/aromatic N) is 4. The molecule has 0 saturated heterocycles. The highest BCUT2D eigenvalue weighted by molar-refractivity contribution is 5.46. The Morgan fingerprint density at radius 2 is 1.89 bits per heavy atom. The first-order valence-corrected chi connectivity index (χ1v) is 8.94. The number of methoxy groups -OCH3 is 2. The van der Waals surface area contributed by atoms with Crippen molar-refractivity contribution in [3.05, 3.63) is 58.7 Å². The van der Waals surface area contributed by atoms with Crippen LogP contribution in [0.5, 0.6) is 11.5 Å². The standard InChI is InChI=1S/C20H23N5O2/c1-12-5-6-14(9-13(12)2)17-11-18(25-20(21-17)22-23-24-25)16-10-15(26-3)7-8-19(16)27-4/h5-10,17-18H,11H2,1-4H3,(H,21,22,24)/t17-,18-/m0/s1. The third kappa shape index (κ3) is 3.09. The molecule has 1 aliphatic rings. The SMILES string of the molecule is COc1ccc(OC)c([C@@H]2C[C@@H](c3ccc(C)c(C)c3)Nc3nnnn32)c1. The van der Waals surface area contributed by atoms with Crippen molar-refractivity contribution in [2.75, 3.05) is 19.5 Å². The van der Waals surface area contributed by atoms with Crippen LogP contribution >= 0.6 is 0 Å². The van der Waals surface area contributed by atoms with Gasteiger partial charge in [0, 0.05) is 5.56 Å². The number of anilines is 1. The van der Waals surface area contributed by atoms with Crippen LogP contribution in [0.15, 0.2) is 36.4 Å². The van der Waals surface area contributed by atoms with Gasteiger partial charge in [-0.15, -0.1) is 0 Å². The van der Waals surface area contributed by atoms with Crippen molar-refractivity contribution in [2.45, 2.75) is 32.4 Å². The van der Waals surface area contributed by atoms with Gasteiger partial charge in [0.2, 0.25) is 5.95 Å². The molecule has 0 spiro atoms. The molecule has 2 heterocycles. The van der Waals surface area contributed by atoms with Crippen LogP contribution in [0, 0.1) is 13.8 Å². The fourth-order valence-corrected chi connectivity index (χ4v) is 3.60. The monoisotopic (exact) mass is 365 g/mol. The number of aromatic nitrogens is 4. The van der Waals surface area contributed by atoms with Gasteiger partial charge in [-0.05, 0) is 65.6 Å². The molecule has 7 nitrogen and oxygen atoms in total. The van der Waals surface area contributed by atoms with Crippen LogP contribution in [0.2, 0.25) is 0 Å². The van der Waals surface area contributed by atoms with Gasteiger partial charge >= 0.3 is 0 Å². The van der Waals surface area contributed by atoms with E-state index in [-0.39, 0.29) is 12.1 Å². The maximum absolute atomic E-state index is 5.61. The minimum Gasteiger partial charge on any atom is -0.497 e. The fraction of sp³-hybridized carbons (Fsp3) is 0.350. The number of rotatable bonds is 4. The van der Waals surface area contributed by atoms with E-state index in [1.165, 1.54) is 16.7 Å². The van der Waals surface area contributed by atoms with Crippen molar-refractivity contribution in [3.63, 3.8) is 0 Å². The molecule has 0 saturated carbocycles. The summed E-state index contributed by atoms with van der Waals surface area (Å²) < 4.78 is 12.8. The van der Waals surface area contributed by atoms with E-state index in [2.05, 4.69) is 52.9 Å². The number of tetrazole rings is 1. The predicted molar refractivity (Wildman–Crippen MR) is 102 cm³/mol. The molecule has 1 aliphatic heterocycles. The molecule has 0 fully saturated rings. The van der Waals surface area contributed by atoms with Gasteiger partial charge in [-0.3, -0.25) is 0 Å². The van der Waals surface area contributed by atoms with Crippen molar-refractivity contribution in [1.29, 1.82) is 0 Å². The van der Waals surface area contributed by atoms with E-state index in [0.29, 0.717) is 5.95 Å². The number of ether oxygens (including phenoxy) is 2. The lowest BCUT2D eigenvalue weighted by Crippen LogP contribution is -2.28. The first kappa shape index (κ1) is 17.3. The predicted octanol–water partition coefficient (Wildman–Crippen LogP) is 3.45. The smallest absolute Gasteiger partial charge is 0.243 e. The molecular weight excluding hydrogens is 342 g/mol. The zero-order valence-electron chi connectivity index (χ0n) is 15.9. The maximum Gasteiger partial charge on any atom is 0.243 e. The zero-order chi connectivity index (χ0) is 19.0. The third-order valence-electron chi connectivity index (χ3n) is 5.28. The van der Waals surface area contributed by atoms with Gasteiger partial charge in [-0.2, -0.15) is 0 Å². The Labute approximate surface area is 158 Å². The quantitative estimate of drug-likeness (QED) is 0.763. The lowest BCUT2D eigenvalue weighted by Gasteiger charge is -2.32. The molecule has 0 bridgehead atoms. The molecule has 0 aliphatic carbocycles. The van der Waals surface area contributed by atoms with E-state index in [1.807, 2.05) is 22.9 Å². The summed E-state index contributed by atoms with van der Waals surface area (Å²) in [7, 11) is 3.34. The van der Waals surface area contributed by atoms with E-state index < -0.39 is 0 Å². The molecule has 140 valence electrons. The van der Waals surface area contributed by atoms with Gasteiger partial charge in [0.25, 0.3) is 0 Å². The van der Waals surface area contributed by atoms with Crippen LogP contribution in [-0.2, 0) is 0 Å². The summed E-state index contributed by atoms with van der Waals surface area (Å²) in [5.74, 6) is 2.23. The van der Waals surface area contributed by atoms with E-state index in [4.69, 9.17) is 9.47 Å². The Morgan fingerprint density at radius 3 is 2.63 bits per heavy atom. The average molecular weight is 365 g/mol. The Morgan fingerprint density at radius 1 is 1.04 bits per heavy atom. The minimum atomic E-state index is -0.0621. The van der Waals surface area contributed by atoms with E-state index in [0.717, 1.165) is 23.5 Å². The number of hydrogen-bond donors (Lipinski definition) is 1. The number of hydrogen-bond acceptors (Lipinski definition) is 6. The summed E-state index contributed by atoms with van der Waals surface area (Å²) in [4.78, 5) is 0. The van der Waals surface area contributed by atoms with Crippen LogP contribution in [0.3, 0.4) is 0 Å². The molecule has 3 aromatic rings.